The van der Waals surface area contributed by atoms with Gasteiger partial charge in [-0.3, -0.25) is 9.13 Å². The molecule has 0 amide bonds. The lowest BCUT2D eigenvalue weighted by Gasteiger charge is -2.05. The minimum Gasteiger partial charge on any atom is -0.449 e. The van der Waals surface area contributed by atoms with Crippen LogP contribution in [0, 0.1) is 3.57 Å². The van der Waals surface area contributed by atoms with Crippen LogP contribution in [0.4, 0.5) is 10.6 Å². The van der Waals surface area contributed by atoms with Crippen molar-refractivity contribution < 1.29 is 9.53 Å². The molecular formula is C19H18IN5O2. The van der Waals surface area contributed by atoms with Gasteiger partial charge in [-0.05, 0) is 35.1 Å². The van der Waals surface area contributed by atoms with E-state index in [2.05, 4.69) is 39.5 Å². The number of hydrogen-bond donors (Lipinski definition) is 1. The molecule has 8 heteroatoms. The number of carbonyl (C=O) groups is 1. The number of rotatable bonds is 4. The number of para-hydroxylation sites is 1. The first-order chi connectivity index (χ1) is 13.1. The second kappa shape index (κ2) is 7.18. The topological polar surface area (TPSA) is 88.0 Å². The standard InChI is InChI=1S/C19H18IN5O2/c1-2-3-8-27-19(26)25-10-15(12-6-4-5-7-14(12)25)24-9-13(20)16-17(21)22-11-23-18(16)24/h4-7,9-11H,2-3,8H2,1H3,(H2,21,22,23). The number of benzene rings is 1. The van der Waals surface area contributed by atoms with E-state index in [1.165, 1.54) is 6.33 Å². The minimum atomic E-state index is -0.383. The van der Waals surface area contributed by atoms with E-state index in [1.54, 1.807) is 10.8 Å². The maximum atomic E-state index is 12.6. The molecule has 0 aliphatic carbocycles. The van der Waals surface area contributed by atoms with Crippen molar-refractivity contribution in [1.29, 1.82) is 0 Å². The highest BCUT2D eigenvalue weighted by Gasteiger charge is 2.19. The molecule has 138 valence electrons. The van der Waals surface area contributed by atoms with Crippen LogP contribution in [-0.4, -0.2) is 31.8 Å². The van der Waals surface area contributed by atoms with E-state index in [0.29, 0.717) is 18.1 Å². The van der Waals surface area contributed by atoms with Gasteiger partial charge in [0, 0.05) is 21.4 Å². The summed E-state index contributed by atoms with van der Waals surface area (Å²) >= 11 is 2.22. The maximum Gasteiger partial charge on any atom is 0.418 e. The lowest BCUT2D eigenvalue weighted by molar-refractivity contribution is 0.147. The highest BCUT2D eigenvalue weighted by Crippen LogP contribution is 2.32. The number of aromatic nitrogens is 4. The number of fused-ring (bicyclic) bond motifs is 2. The van der Waals surface area contributed by atoms with Crippen molar-refractivity contribution in [1.82, 2.24) is 19.1 Å². The van der Waals surface area contributed by atoms with Gasteiger partial charge in [0.05, 0.1) is 23.2 Å². The zero-order valence-corrected chi connectivity index (χ0v) is 16.9. The molecule has 0 unspecified atom stereocenters. The van der Waals surface area contributed by atoms with Crippen LogP contribution in [0.1, 0.15) is 19.8 Å². The van der Waals surface area contributed by atoms with Crippen LogP contribution in [0.25, 0.3) is 27.6 Å². The van der Waals surface area contributed by atoms with Crippen LogP contribution >= 0.6 is 22.6 Å². The van der Waals surface area contributed by atoms with Crippen LogP contribution in [0.15, 0.2) is 43.0 Å². The van der Waals surface area contributed by atoms with E-state index in [0.717, 1.165) is 38.4 Å². The van der Waals surface area contributed by atoms with Gasteiger partial charge in [-0.15, -0.1) is 0 Å². The van der Waals surface area contributed by atoms with E-state index in [4.69, 9.17) is 10.5 Å². The van der Waals surface area contributed by atoms with Gasteiger partial charge in [-0.25, -0.2) is 14.8 Å². The summed E-state index contributed by atoms with van der Waals surface area (Å²) in [5.74, 6) is 0.436. The van der Waals surface area contributed by atoms with Crippen LogP contribution < -0.4 is 5.73 Å². The monoisotopic (exact) mass is 475 g/mol. The average Bonchev–Trinajstić information content (AvgIpc) is 3.21. The molecule has 7 nitrogen and oxygen atoms in total. The van der Waals surface area contributed by atoms with Crippen LogP contribution in [-0.2, 0) is 4.74 Å². The zero-order chi connectivity index (χ0) is 19.0. The molecule has 0 saturated carbocycles. The van der Waals surface area contributed by atoms with Crippen molar-refractivity contribution in [3.63, 3.8) is 0 Å². The van der Waals surface area contributed by atoms with Gasteiger partial charge in [-0.1, -0.05) is 31.5 Å². The Kier molecular flexibility index (Phi) is 4.73. The van der Waals surface area contributed by atoms with E-state index in [-0.39, 0.29) is 6.09 Å². The molecule has 4 rings (SSSR count). The van der Waals surface area contributed by atoms with Gasteiger partial charge in [0.25, 0.3) is 0 Å². The fourth-order valence-corrected chi connectivity index (χ4v) is 3.90. The fraction of sp³-hybridized carbons (Fsp3) is 0.211. The Hall–Kier alpha value is -2.62. The van der Waals surface area contributed by atoms with Crippen molar-refractivity contribution in [3.8, 4) is 5.69 Å². The van der Waals surface area contributed by atoms with Crippen LogP contribution in [0.2, 0.25) is 0 Å². The summed E-state index contributed by atoms with van der Waals surface area (Å²) in [5.41, 5.74) is 8.36. The first-order valence-electron chi connectivity index (χ1n) is 8.66. The molecule has 0 bridgehead atoms. The summed E-state index contributed by atoms with van der Waals surface area (Å²) in [5, 5.41) is 1.73. The third-order valence-electron chi connectivity index (χ3n) is 4.44. The molecule has 0 radical (unpaired) electrons. The molecule has 1 aromatic carbocycles. The molecule has 4 aromatic rings. The predicted octanol–water partition coefficient (Wildman–Crippen LogP) is 4.35. The van der Waals surface area contributed by atoms with Crippen LogP contribution in [0.5, 0.6) is 0 Å². The number of nitrogens with two attached hydrogens (primary N) is 1. The largest absolute Gasteiger partial charge is 0.449 e. The summed E-state index contributed by atoms with van der Waals surface area (Å²) in [6, 6.07) is 7.72. The number of anilines is 1. The summed E-state index contributed by atoms with van der Waals surface area (Å²) in [4.78, 5) is 21.1. The van der Waals surface area contributed by atoms with Gasteiger partial charge in [0.2, 0.25) is 0 Å². The molecule has 0 saturated heterocycles. The molecular weight excluding hydrogens is 457 g/mol. The Bertz CT molecular complexity index is 1150. The number of nitrogen functional groups attached to an aromatic ring is 1. The minimum absolute atomic E-state index is 0.383. The smallest absolute Gasteiger partial charge is 0.418 e. The fourth-order valence-electron chi connectivity index (χ4n) is 3.10. The normalized spacial score (nSPS) is 11.3. The molecule has 0 fully saturated rings. The van der Waals surface area contributed by atoms with E-state index < -0.39 is 0 Å². The SMILES string of the molecule is CCCCOC(=O)n1cc(-n2cc(I)c3c(N)ncnc32)c2ccccc21. The summed E-state index contributed by atoms with van der Waals surface area (Å²) in [6.07, 6.45) is 6.61. The van der Waals surface area contributed by atoms with E-state index in [9.17, 15) is 4.79 Å². The predicted molar refractivity (Wildman–Crippen MR) is 113 cm³/mol. The second-order valence-corrected chi connectivity index (χ2v) is 7.34. The lowest BCUT2D eigenvalue weighted by Crippen LogP contribution is -2.13. The summed E-state index contributed by atoms with van der Waals surface area (Å²) in [7, 11) is 0. The Balaban J connectivity index is 1.89. The van der Waals surface area contributed by atoms with E-state index >= 15 is 0 Å². The summed E-state index contributed by atoms with van der Waals surface area (Å²) < 4.78 is 9.84. The van der Waals surface area contributed by atoms with Gasteiger partial charge < -0.3 is 10.5 Å². The average molecular weight is 475 g/mol. The lowest BCUT2D eigenvalue weighted by atomic mass is 10.2. The number of unbranched alkanes of at least 4 members (excludes halogenated alkanes) is 1. The Morgan fingerprint density at radius 2 is 2.07 bits per heavy atom. The van der Waals surface area contributed by atoms with Crippen LogP contribution in [0.3, 0.4) is 0 Å². The Labute approximate surface area is 169 Å². The molecule has 0 atom stereocenters. The van der Waals surface area contributed by atoms with E-state index in [1.807, 2.05) is 35.0 Å². The number of carbonyl (C=O) groups excluding carboxylic acids is 1. The Morgan fingerprint density at radius 1 is 1.26 bits per heavy atom. The van der Waals surface area contributed by atoms with Gasteiger partial charge in [-0.2, -0.15) is 0 Å². The molecule has 2 N–H and O–H groups in total. The van der Waals surface area contributed by atoms with Gasteiger partial charge in [0.15, 0.2) is 5.65 Å². The van der Waals surface area contributed by atoms with Crippen molar-refractivity contribution >= 4 is 56.4 Å². The highest BCUT2D eigenvalue weighted by molar-refractivity contribution is 14.1. The molecule has 27 heavy (non-hydrogen) atoms. The Morgan fingerprint density at radius 3 is 2.89 bits per heavy atom. The van der Waals surface area contributed by atoms with Gasteiger partial charge >= 0.3 is 6.09 Å². The molecule has 3 heterocycles. The highest BCUT2D eigenvalue weighted by atomic mass is 127. The molecule has 0 spiro atoms. The quantitative estimate of drug-likeness (QED) is 0.351. The van der Waals surface area contributed by atoms with Crippen molar-refractivity contribution in [3.05, 3.63) is 46.6 Å². The number of halogens is 1. The molecule has 0 aliphatic heterocycles. The van der Waals surface area contributed by atoms with Crippen molar-refractivity contribution in [2.24, 2.45) is 0 Å². The first-order valence-corrected chi connectivity index (χ1v) is 9.74. The number of hydrogen-bond acceptors (Lipinski definition) is 5. The zero-order valence-electron chi connectivity index (χ0n) is 14.7. The summed E-state index contributed by atoms with van der Waals surface area (Å²) in [6.45, 7) is 2.47. The molecule has 3 aromatic heterocycles. The third-order valence-corrected chi connectivity index (χ3v) is 5.25. The number of nitrogens with zero attached hydrogens (tertiary/aromatic N) is 4. The second-order valence-electron chi connectivity index (χ2n) is 6.17. The van der Waals surface area contributed by atoms with Gasteiger partial charge in [0.1, 0.15) is 12.1 Å². The van der Waals surface area contributed by atoms with Crippen molar-refractivity contribution in [2.45, 2.75) is 19.8 Å². The van der Waals surface area contributed by atoms with Crippen molar-refractivity contribution in [2.75, 3.05) is 12.3 Å². The maximum absolute atomic E-state index is 12.6. The molecule has 0 aliphatic rings. The first kappa shape index (κ1) is 17.8. The third kappa shape index (κ3) is 3.03. The number of ether oxygens (including phenoxy) is 1.